The van der Waals surface area contributed by atoms with Crippen LogP contribution in [-0.4, -0.2) is 54.1 Å². The first-order valence-corrected chi connectivity index (χ1v) is 6.45. The summed E-state index contributed by atoms with van der Waals surface area (Å²) in [7, 11) is 1.49. The fraction of sp³-hybridized carbons (Fsp3) is 0.750. The Morgan fingerprint density at radius 3 is 2.26 bits per heavy atom. The molecule has 0 aliphatic rings. The molecule has 19 heavy (non-hydrogen) atoms. The number of urea groups is 1. The van der Waals surface area contributed by atoms with Crippen molar-refractivity contribution in [3.63, 3.8) is 0 Å². The van der Waals surface area contributed by atoms with Gasteiger partial charge in [0.1, 0.15) is 12.6 Å². The molecule has 0 aromatic carbocycles. The van der Waals surface area contributed by atoms with E-state index in [4.69, 9.17) is 5.11 Å². The minimum absolute atomic E-state index is 0.0748. The van der Waals surface area contributed by atoms with Gasteiger partial charge in [-0.3, -0.25) is 4.79 Å². The molecular formula is C12H23N3O4. The number of likely N-dealkylation sites (N-methyl/N-ethyl adjacent to an activating group) is 1. The van der Waals surface area contributed by atoms with Crippen LogP contribution in [0.5, 0.6) is 0 Å². The zero-order chi connectivity index (χ0) is 14.8. The van der Waals surface area contributed by atoms with E-state index >= 15 is 0 Å². The Bertz CT molecular complexity index is 318. The largest absolute Gasteiger partial charge is 0.480 e. The van der Waals surface area contributed by atoms with Gasteiger partial charge in [0.05, 0.1) is 0 Å². The number of rotatable bonds is 8. The molecule has 0 aliphatic carbocycles. The molecule has 0 aliphatic heterocycles. The number of hydrogen-bond donors (Lipinski definition) is 3. The molecule has 0 aromatic rings. The first kappa shape index (κ1) is 17.2. The molecule has 0 bridgehead atoms. The maximum Gasteiger partial charge on any atom is 0.326 e. The summed E-state index contributed by atoms with van der Waals surface area (Å²) in [6.45, 7) is 4.05. The molecule has 1 atom stereocenters. The van der Waals surface area contributed by atoms with Crippen LogP contribution in [0.1, 0.15) is 33.1 Å². The summed E-state index contributed by atoms with van der Waals surface area (Å²) < 4.78 is 0. The average molecular weight is 273 g/mol. The Morgan fingerprint density at radius 2 is 1.84 bits per heavy atom. The van der Waals surface area contributed by atoms with Crippen LogP contribution in [-0.2, 0) is 9.59 Å². The predicted molar refractivity (Wildman–Crippen MR) is 70.8 cm³/mol. The number of carboxylic acid groups (broad SMARTS) is 1. The highest BCUT2D eigenvalue weighted by Gasteiger charge is 2.23. The fourth-order valence-corrected chi connectivity index (χ4v) is 1.56. The van der Waals surface area contributed by atoms with E-state index in [0.29, 0.717) is 25.8 Å². The molecule has 7 nitrogen and oxygen atoms in total. The first-order valence-electron chi connectivity index (χ1n) is 6.45. The van der Waals surface area contributed by atoms with Gasteiger partial charge in [0.2, 0.25) is 5.91 Å². The third-order valence-corrected chi connectivity index (χ3v) is 2.57. The van der Waals surface area contributed by atoms with Crippen molar-refractivity contribution in [2.75, 3.05) is 20.1 Å². The lowest BCUT2D eigenvalue weighted by molar-refractivity contribution is -0.139. The van der Waals surface area contributed by atoms with E-state index in [2.05, 4.69) is 10.6 Å². The van der Waals surface area contributed by atoms with Crippen LogP contribution in [0.25, 0.3) is 0 Å². The highest BCUT2D eigenvalue weighted by molar-refractivity contribution is 5.86. The highest BCUT2D eigenvalue weighted by Crippen LogP contribution is 2.00. The monoisotopic (exact) mass is 273 g/mol. The molecule has 0 rings (SSSR count). The van der Waals surface area contributed by atoms with Crippen molar-refractivity contribution in [2.24, 2.45) is 0 Å². The van der Waals surface area contributed by atoms with Crippen molar-refractivity contribution < 1.29 is 19.5 Å². The van der Waals surface area contributed by atoms with Crippen molar-refractivity contribution in [3.05, 3.63) is 0 Å². The van der Waals surface area contributed by atoms with Crippen molar-refractivity contribution >= 4 is 17.9 Å². The van der Waals surface area contributed by atoms with Gasteiger partial charge in [-0.2, -0.15) is 0 Å². The first-order chi connectivity index (χ1) is 8.96. The maximum absolute atomic E-state index is 11.9. The van der Waals surface area contributed by atoms with Gasteiger partial charge < -0.3 is 20.6 Å². The zero-order valence-corrected chi connectivity index (χ0v) is 11.7. The minimum Gasteiger partial charge on any atom is -0.480 e. The van der Waals surface area contributed by atoms with E-state index in [9.17, 15) is 14.4 Å². The van der Waals surface area contributed by atoms with Crippen LogP contribution in [0.15, 0.2) is 0 Å². The molecule has 110 valence electrons. The molecule has 7 heteroatoms. The molecule has 0 unspecified atom stereocenters. The molecule has 0 aromatic heterocycles. The summed E-state index contributed by atoms with van der Waals surface area (Å²) in [5, 5.41) is 13.9. The standard InChI is InChI=1S/C12H23N3O4/c1-4-6-9(11(17)18)14-12(19)15(7-5-2)8-10(16)13-3/h9H,4-8H2,1-3H3,(H,13,16)(H,14,19)(H,17,18)/t9-/m0/s1. The van der Waals surface area contributed by atoms with Gasteiger partial charge in [0.25, 0.3) is 0 Å². The number of amides is 3. The molecule has 0 saturated heterocycles. The van der Waals surface area contributed by atoms with Crippen LogP contribution in [0.4, 0.5) is 4.79 Å². The quantitative estimate of drug-likeness (QED) is 0.596. The van der Waals surface area contributed by atoms with E-state index in [1.54, 1.807) is 0 Å². The van der Waals surface area contributed by atoms with E-state index in [1.807, 2.05) is 13.8 Å². The number of aliphatic carboxylic acids is 1. The Morgan fingerprint density at radius 1 is 1.21 bits per heavy atom. The molecule has 0 fully saturated rings. The number of nitrogens with one attached hydrogen (secondary N) is 2. The van der Waals surface area contributed by atoms with Crippen molar-refractivity contribution in [2.45, 2.75) is 39.2 Å². The van der Waals surface area contributed by atoms with Crippen LogP contribution in [0, 0.1) is 0 Å². The van der Waals surface area contributed by atoms with Gasteiger partial charge in [0, 0.05) is 13.6 Å². The topological polar surface area (TPSA) is 98.7 Å². The SMILES string of the molecule is CCC[C@H](NC(=O)N(CCC)CC(=O)NC)C(=O)O. The van der Waals surface area contributed by atoms with E-state index in [1.165, 1.54) is 11.9 Å². The molecule has 3 N–H and O–H groups in total. The molecule has 0 saturated carbocycles. The predicted octanol–water partition coefficient (Wildman–Crippen LogP) is 0.407. The molecule has 3 amide bonds. The molecule has 0 heterocycles. The van der Waals surface area contributed by atoms with Crippen LogP contribution in [0.2, 0.25) is 0 Å². The summed E-state index contributed by atoms with van der Waals surface area (Å²) in [5.74, 6) is -1.35. The third kappa shape index (κ3) is 6.64. The minimum atomic E-state index is -1.06. The lowest BCUT2D eigenvalue weighted by atomic mass is 10.2. The Kier molecular flexibility index (Phi) is 8.32. The summed E-state index contributed by atoms with van der Waals surface area (Å²) in [6, 6.07) is -1.44. The maximum atomic E-state index is 11.9. The van der Waals surface area contributed by atoms with E-state index in [0.717, 1.165) is 0 Å². The van der Waals surface area contributed by atoms with E-state index < -0.39 is 18.0 Å². The Balaban J connectivity index is 4.60. The normalized spacial score (nSPS) is 11.5. The second kappa shape index (κ2) is 9.18. The van der Waals surface area contributed by atoms with E-state index in [-0.39, 0.29) is 12.5 Å². The number of carboxylic acids is 1. The van der Waals surface area contributed by atoms with Gasteiger partial charge >= 0.3 is 12.0 Å². The fourth-order valence-electron chi connectivity index (χ4n) is 1.56. The lowest BCUT2D eigenvalue weighted by Gasteiger charge is -2.24. The second-order valence-corrected chi connectivity index (χ2v) is 4.22. The van der Waals surface area contributed by atoms with Crippen LogP contribution in [0.3, 0.4) is 0 Å². The second-order valence-electron chi connectivity index (χ2n) is 4.22. The van der Waals surface area contributed by atoms with Gasteiger partial charge in [-0.15, -0.1) is 0 Å². The number of carbonyl (C=O) groups excluding carboxylic acids is 2. The Hall–Kier alpha value is -1.79. The molecular weight excluding hydrogens is 250 g/mol. The van der Waals surface area contributed by atoms with Crippen LogP contribution >= 0.6 is 0 Å². The molecule has 0 radical (unpaired) electrons. The lowest BCUT2D eigenvalue weighted by Crippen LogP contribution is -2.50. The van der Waals surface area contributed by atoms with Gasteiger partial charge in [-0.25, -0.2) is 9.59 Å². The smallest absolute Gasteiger partial charge is 0.326 e. The summed E-state index contributed by atoms with van der Waals surface area (Å²) in [4.78, 5) is 35.5. The average Bonchev–Trinajstić information content (AvgIpc) is 2.37. The Labute approximate surface area is 113 Å². The highest BCUT2D eigenvalue weighted by atomic mass is 16.4. The van der Waals surface area contributed by atoms with Gasteiger partial charge in [-0.05, 0) is 12.8 Å². The number of nitrogens with zero attached hydrogens (tertiary/aromatic N) is 1. The number of carbonyl (C=O) groups is 3. The summed E-state index contributed by atoms with van der Waals surface area (Å²) >= 11 is 0. The third-order valence-electron chi connectivity index (χ3n) is 2.57. The van der Waals surface area contributed by atoms with Gasteiger partial charge in [0.15, 0.2) is 0 Å². The van der Waals surface area contributed by atoms with Crippen molar-refractivity contribution in [1.82, 2.24) is 15.5 Å². The number of hydrogen-bond acceptors (Lipinski definition) is 3. The van der Waals surface area contributed by atoms with Crippen molar-refractivity contribution in [1.29, 1.82) is 0 Å². The van der Waals surface area contributed by atoms with Gasteiger partial charge in [-0.1, -0.05) is 20.3 Å². The summed E-state index contributed by atoms with van der Waals surface area (Å²) in [6.07, 6.45) is 1.71. The molecule has 0 spiro atoms. The van der Waals surface area contributed by atoms with Crippen molar-refractivity contribution in [3.8, 4) is 0 Å². The summed E-state index contributed by atoms with van der Waals surface area (Å²) in [5.41, 5.74) is 0. The zero-order valence-electron chi connectivity index (χ0n) is 11.7. The van der Waals surface area contributed by atoms with Crippen LogP contribution < -0.4 is 10.6 Å².